The van der Waals surface area contributed by atoms with Gasteiger partial charge < -0.3 is 11.1 Å². The van der Waals surface area contributed by atoms with E-state index >= 15 is 0 Å². The molecular weight excluding hydrogens is 302 g/mol. The van der Waals surface area contributed by atoms with Crippen LogP contribution in [0, 0.1) is 11.6 Å². The lowest BCUT2D eigenvalue weighted by Gasteiger charge is -2.13. The van der Waals surface area contributed by atoms with Crippen LogP contribution in [0.5, 0.6) is 0 Å². The quantitative estimate of drug-likeness (QED) is 0.842. The van der Waals surface area contributed by atoms with E-state index in [1.54, 1.807) is 18.2 Å². The molecule has 0 atom stereocenters. The maximum absolute atomic E-state index is 13.5. The van der Waals surface area contributed by atoms with E-state index in [9.17, 15) is 8.78 Å². The van der Waals surface area contributed by atoms with Crippen molar-refractivity contribution in [3.05, 3.63) is 64.2 Å². The van der Waals surface area contributed by atoms with E-state index in [1.807, 2.05) is 0 Å². The maximum Gasteiger partial charge on any atom is 0.128 e. The van der Waals surface area contributed by atoms with Crippen LogP contribution in [-0.4, -0.2) is 4.99 Å². The number of hydrogen-bond acceptors (Lipinski definition) is 2. The molecule has 20 heavy (non-hydrogen) atoms. The minimum atomic E-state index is -0.496. The molecule has 0 bridgehead atoms. The number of rotatable bonds is 4. The first kappa shape index (κ1) is 14.7. The van der Waals surface area contributed by atoms with E-state index in [4.69, 9.17) is 29.6 Å². The van der Waals surface area contributed by atoms with Gasteiger partial charge in [0.15, 0.2) is 0 Å². The lowest BCUT2D eigenvalue weighted by Crippen LogP contribution is -2.14. The van der Waals surface area contributed by atoms with Crippen molar-refractivity contribution in [2.24, 2.45) is 5.73 Å². The normalized spacial score (nSPS) is 10.3. The summed E-state index contributed by atoms with van der Waals surface area (Å²) in [7, 11) is 0. The maximum atomic E-state index is 13.5. The zero-order chi connectivity index (χ0) is 14.7. The zero-order valence-electron chi connectivity index (χ0n) is 10.3. The van der Waals surface area contributed by atoms with Gasteiger partial charge in [-0.25, -0.2) is 8.78 Å². The highest BCUT2D eigenvalue weighted by Crippen LogP contribution is 2.25. The molecule has 2 aromatic rings. The van der Waals surface area contributed by atoms with Crippen LogP contribution in [0.2, 0.25) is 5.02 Å². The molecule has 0 radical (unpaired) electrons. The fraction of sp³-hybridized carbons (Fsp3) is 0.0714. The Hall–Kier alpha value is -1.72. The predicted octanol–water partition coefficient (Wildman–Crippen LogP) is 3.86. The fourth-order valence-electron chi connectivity index (χ4n) is 1.79. The Balaban J connectivity index is 2.25. The van der Waals surface area contributed by atoms with Crippen LogP contribution in [0.1, 0.15) is 11.1 Å². The van der Waals surface area contributed by atoms with E-state index in [0.29, 0.717) is 16.3 Å². The summed E-state index contributed by atoms with van der Waals surface area (Å²) in [5, 5.41) is 3.37. The Bertz CT molecular complexity index is 662. The van der Waals surface area contributed by atoms with E-state index in [1.165, 1.54) is 0 Å². The van der Waals surface area contributed by atoms with Gasteiger partial charge in [0, 0.05) is 17.8 Å². The summed E-state index contributed by atoms with van der Waals surface area (Å²) in [6.45, 7) is 0.0968. The molecular formula is C14H11ClF2N2S. The van der Waals surface area contributed by atoms with Crippen LogP contribution >= 0.6 is 23.8 Å². The molecule has 0 aliphatic heterocycles. The highest BCUT2D eigenvalue weighted by molar-refractivity contribution is 7.80. The molecule has 104 valence electrons. The van der Waals surface area contributed by atoms with Gasteiger partial charge in [0.1, 0.15) is 16.6 Å². The molecule has 2 nitrogen and oxygen atoms in total. The summed E-state index contributed by atoms with van der Waals surface area (Å²) in [6.07, 6.45) is 0. The Morgan fingerprint density at radius 3 is 2.70 bits per heavy atom. The second-order valence-electron chi connectivity index (χ2n) is 4.12. The number of halogens is 3. The first-order chi connectivity index (χ1) is 9.49. The highest BCUT2D eigenvalue weighted by Gasteiger charge is 2.10. The number of hydrogen-bond donors (Lipinski definition) is 2. The van der Waals surface area contributed by atoms with Crippen molar-refractivity contribution in [1.29, 1.82) is 0 Å². The van der Waals surface area contributed by atoms with Gasteiger partial charge >= 0.3 is 0 Å². The van der Waals surface area contributed by atoms with Gasteiger partial charge in [0.2, 0.25) is 0 Å². The van der Waals surface area contributed by atoms with Gasteiger partial charge in [0.25, 0.3) is 0 Å². The molecule has 0 amide bonds. The van der Waals surface area contributed by atoms with Crippen molar-refractivity contribution in [1.82, 2.24) is 0 Å². The van der Waals surface area contributed by atoms with Crippen molar-refractivity contribution in [2.45, 2.75) is 6.54 Å². The molecule has 0 saturated heterocycles. The number of thiocarbonyl (C=S) groups is 1. The molecule has 0 unspecified atom stereocenters. The number of anilines is 1. The summed E-state index contributed by atoms with van der Waals surface area (Å²) in [6, 6.07) is 8.38. The lowest BCUT2D eigenvalue weighted by atomic mass is 10.1. The van der Waals surface area contributed by atoms with E-state index in [0.717, 1.165) is 18.2 Å². The third-order valence-electron chi connectivity index (χ3n) is 2.74. The predicted molar refractivity (Wildman–Crippen MR) is 81.0 cm³/mol. The molecule has 2 aromatic carbocycles. The van der Waals surface area contributed by atoms with E-state index in [2.05, 4.69) is 5.32 Å². The van der Waals surface area contributed by atoms with Crippen LogP contribution < -0.4 is 11.1 Å². The molecule has 0 spiro atoms. The molecule has 0 aliphatic carbocycles. The Morgan fingerprint density at radius 1 is 1.25 bits per heavy atom. The standard InChI is InChI=1S/C14H11ClF2N2S/c15-10-2-1-3-12(13(10)14(18)20)19-7-8-6-9(16)4-5-11(8)17/h1-6,19H,7H2,(H2,18,20). The summed E-state index contributed by atoms with van der Waals surface area (Å²) in [5.41, 5.74) is 6.88. The molecule has 6 heteroatoms. The molecule has 0 aromatic heterocycles. The molecule has 0 saturated carbocycles. The molecule has 0 aliphatic rings. The fourth-order valence-corrected chi connectivity index (χ4v) is 2.34. The van der Waals surface area contributed by atoms with Gasteiger partial charge in [-0.15, -0.1) is 0 Å². The highest BCUT2D eigenvalue weighted by atomic mass is 35.5. The second-order valence-corrected chi connectivity index (χ2v) is 4.96. The molecule has 2 rings (SSSR count). The van der Waals surface area contributed by atoms with Crippen molar-refractivity contribution < 1.29 is 8.78 Å². The van der Waals surface area contributed by atoms with Crippen molar-refractivity contribution in [3.63, 3.8) is 0 Å². The summed E-state index contributed by atoms with van der Waals surface area (Å²) < 4.78 is 26.6. The number of benzene rings is 2. The van der Waals surface area contributed by atoms with Crippen LogP contribution in [-0.2, 0) is 6.54 Å². The van der Waals surface area contributed by atoms with Gasteiger partial charge in [0.05, 0.1) is 10.6 Å². The Kier molecular flexibility index (Phi) is 4.52. The third-order valence-corrected chi connectivity index (χ3v) is 3.26. The van der Waals surface area contributed by atoms with Crippen LogP contribution in [0.4, 0.5) is 14.5 Å². The summed E-state index contributed by atoms with van der Waals surface area (Å²) in [5.74, 6) is -0.985. The first-order valence-corrected chi connectivity index (χ1v) is 6.54. The number of nitrogens with two attached hydrogens (primary N) is 1. The van der Waals surface area contributed by atoms with Crippen LogP contribution in [0.3, 0.4) is 0 Å². The molecule has 3 N–H and O–H groups in total. The second kappa shape index (κ2) is 6.15. The van der Waals surface area contributed by atoms with Gasteiger partial charge in [-0.05, 0) is 30.3 Å². The van der Waals surface area contributed by atoms with E-state index < -0.39 is 11.6 Å². The number of nitrogens with one attached hydrogen (secondary N) is 1. The van der Waals surface area contributed by atoms with Crippen LogP contribution in [0.15, 0.2) is 36.4 Å². The lowest BCUT2D eigenvalue weighted by molar-refractivity contribution is 0.587. The topological polar surface area (TPSA) is 38.0 Å². The molecule has 0 fully saturated rings. The smallest absolute Gasteiger partial charge is 0.128 e. The zero-order valence-corrected chi connectivity index (χ0v) is 11.9. The minimum Gasteiger partial charge on any atom is -0.389 e. The summed E-state index contributed by atoms with van der Waals surface area (Å²) >= 11 is 11.0. The van der Waals surface area contributed by atoms with Crippen molar-refractivity contribution >= 4 is 34.5 Å². The SMILES string of the molecule is NC(=S)c1c(Cl)cccc1NCc1cc(F)ccc1F. The van der Waals surface area contributed by atoms with Crippen LogP contribution in [0.25, 0.3) is 0 Å². The Morgan fingerprint density at radius 2 is 2.00 bits per heavy atom. The Labute approximate surface area is 125 Å². The van der Waals surface area contributed by atoms with Crippen molar-refractivity contribution in [3.8, 4) is 0 Å². The van der Waals surface area contributed by atoms with E-state index in [-0.39, 0.29) is 17.1 Å². The molecule has 0 heterocycles. The average Bonchev–Trinajstić information content (AvgIpc) is 2.39. The third kappa shape index (κ3) is 3.23. The average molecular weight is 313 g/mol. The largest absolute Gasteiger partial charge is 0.389 e. The monoisotopic (exact) mass is 312 g/mol. The van der Waals surface area contributed by atoms with Gasteiger partial charge in [-0.2, -0.15) is 0 Å². The van der Waals surface area contributed by atoms with Gasteiger partial charge in [-0.3, -0.25) is 0 Å². The van der Waals surface area contributed by atoms with Gasteiger partial charge in [-0.1, -0.05) is 29.9 Å². The van der Waals surface area contributed by atoms with Crippen molar-refractivity contribution in [2.75, 3.05) is 5.32 Å². The first-order valence-electron chi connectivity index (χ1n) is 5.75. The minimum absolute atomic E-state index is 0.0968. The summed E-state index contributed by atoms with van der Waals surface area (Å²) in [4.78, 5) is 0.137.